The summed E-state index contributed by atoms with van der Waals surface area (Å²) in [6.45, 7) is 6.09. The third kappa shape index (κ3) is 4.30. The highest BCUT2D eigenvalue weighted by Crippen LogP contribution is 2.29. The second kappa shape index (κ2) is 7.38. The van der Waals surface area contributed by atoms with Crippen LogP contribution in [0.3, 0.4) is 0 Å². The van der Waals surface area contributed by atoms with Crippen LogP contribution in [0.2, 0.25) is 0 Å². The largest absolute Gasteiger partial charge is 0.381 e. The van der Waals surface area contributed by atoms with Crippen LogP contribution in [0, 0.1) is 22.7 Å². The minimum absolute atomic E-state index is 0.113. The van der Waals surface area contributed by atoms with E-state index < -0.39 is 5.41 Å². The number of unbranched alkanes of at least 4 members (excludes halogenated alkanes) is 1. The molecule has 1 amide bonds. The van der Waals surface area contributed by atoms with Gasteiger partial charge in [-0.3, -0.25) is 4.79 Å². The average Bonchev–Trinajstić information content (AvgIpc) is 2.38. The maximum absolute atomic E-state index is 12.1. The van der Waals surface area contributed by atoms with Gasteiger partial charge in [-0.1, -0.05) is 26.7 Å². The van der Waals surface area contributed by atoms with Crippen LogP contribution in [-0.4, -0.2) is 25.7 Å². The van der Waals surface area contributed by atoms with Gasteiger partial charge in [-0.05, 0) is 25.2 Å². The van der Waals surface area contributed by atoms with Crippen molar-refractivity contribution in [2.45, 2.75) is 46.0 Å². The molecule has 18 heavy (non-hydrogen) atoms. The normalized spacial score (nSPS) is 18.3. The van der Waals surface area contributed by atoms with Gasteiger partial charge in [0.05, 0.1) is 6.07 Å². The van der Waals surface area contributed by atoms with Crippen LogP contribution in [0.5, 0.6) is 0 Å². The van der Waals surface area contributed by atoms with Crippen LogP contribution in [0.1, 0.15) is 46.0 Å². The number of nitriles is 1. The first-order valence-electron chi connectivity index (χ1n) is 6.88. The summed E-state index contributed by atoms with van der Waals surface area (Å²) in [5, 5.41) is 12.1. The highest BCUT2D eigenvalue weighted by atomic mass is 16.5. The summed E-state index contributed by atoms with van der Waals surface area (Å²) in [6, 6.07) is 2.18. The Morgan fingerprint density at radius 3 is 2.61 bits per heavy atom. The Hall–Kier alpha value is -1.08. The molecule has 1 saturated heterocycles. The van der Waals surface area contributed by atoms with Crippen LogP contribution in [0.15, 0.2) is 0 Å². The van der Waals surface area contributed by atoms with Crippen molar-refractivity contribution < 1.29 is 9.53 Å². The summed E-state index contributed by atoms with van der Waals surface area (Å²) < 4.78 is 5.22. The molecule has 1 rings (SSSR count). The van der Waals surface area contributed by atoms with Gasteiger partial charge in [0.15, 0.2) is 0 Å². The van der Waals surface area contributed by atoms with E-state index >= 15 is 0 Å². The molecule has 1 aliphatic rings. The van der Waals surface area contributed by atoms with Crippen LogP contribution >= 0.6 is 0 Å². The first-order valence-corrected chi connectivity index (χ1v) is 6.88. The van der Waals surface area contributed by atoms with Gasteiger partial charge in [0.1, 0.15) is 5.41 Å². The summed E-state index contributed by atoms with van der Waals surface area (Å²) in [4.78, 5) is 12.1. The van der Waals surface area contributed by atoms with Crippen LogP contribution in [-0.2, 0) is 9.53 Å². The van der Waals surface area contributed by atoms with Gasteiger partial charge in [0.25, 0.3) is 0 Å². The van der Waals surface area contributed by atoms with Crippen molar-refractivity contribution in [1.82, 2.24) is 5.32 Å². The van der Waals surface area contributed by atoms with Crippen molar-refractivity contribution in [3.05, 3.63) is 0 Å². The fourth-order valence-corrected chi connectivity index (χ4v) is 2.16. The molecule has 0 aliphatic carbocycles. The number of nitrogens with one attached hydrogen (secondary N) is 1. The quantitative estimate of drug-likeness (QED) is 0.737. The molecule has 0 unspecified atom stereocenters. The number of hydrogen-bond acceptors (Lipinski definition) is 3. The van der Waals surface area contributed by atoms with E-state index in [2.05, 4.69) is 25.2 Å². The lowest BCUT2D eigenvalue weighted by molar-refractivity contribution is -0.132. The fraction of sp³-hybridized carbons (Fsp3) is 0.857. The van der Waals surface area contributed by atoms with Gasteiger partial charge in [-0.2, -0.15) is 5.26 Å². The van der Waals surface area contributed by atoms with Crippen molar-refractivity contribution >= 4 is 5.91 Å². The Labute approximate surface area is 110 Å². The van der Waals surface area contributed by atoms with E-state index in [1.807, 2.05) is 0 Å². The first-order chi connectivity index (χ1) is 8.60. The van der Waals surface area contributed by atoms with Gasteiger partial charge in [0.2, 0.25) is 5.91 Å². The van der Waals surface area contributed by atoms with Gasteiger partial charge < -0.3 is 10.1 Å². The third-order valence-electron chi connectivity index (χ3n) is 3.49. The molecule has 0 aromatic rings. The lowest BCUT2D eigenvalue weighted by Crippen LogP contribution is -2.44. The highest BCUT2D eigenvalue weighted by molar-refractivity contribution is 5.85. The molecule has 0 aromatic carbocycles. The summed E-state index contributed by atoms with van der Waals surface area (Å²) in [5.74, 6) is 0.597. The van der Waals surface area contributed by atoms with Crippen LogP contribution in [0.25, 0.3) is 0 Å². The zero-order valence-corrected chi connectivity index (χ0v) is 11.5. The van der Waals surface area contributed by atoms with Crippen molar-refractivity contribution in [3.8, 4) is 6.07 Å². The van der Waals surface area contributed by atoms with Gasteiger partial charge >= 0.3 is 0 Å². The molecule has 1 N–H and O–H groups in total. The molecule has 1 aliphatic heterocycles. The monoisotopic (exact) mass is 252 g/mol. The molecule has 1 fully saturated rings. The number of amides is 1. The van der Waals surface area contributed by atoms with E-state index in [0.29, 0.717) is 38.5 Å². The fourth-order valence-electron chi connectivity index (χ4n) is 2.16. The number of rotatable bonds is 6. The van der Waals surface area contributed by atoms with Crippen molar-refractivity contribution in [2.75, 3.05) is 19.8 Å². The van der Waals surface area contributed by atoms with E-state index in [0.717, 1.165) is 12.8 Å². The maximum Gasteiger partial charge on any atom is 0.240 e. The number of ether oxygens (including phenoxy) is 1. The SMILES string of the molecule is CC(C)CCCCNC(=O)C1(C#N)CCOCC1. The molecule has 4 heteroatoms. The number of nitrogens with zero attached hydrogens (tertiary/aromatic N) is 1. The Bertz CT molecular complexity index is 301. The Balaban J connectivity index is 2.28. The number of carbonyl (C=O) groups is 1. The average molecular weight is 252 g/mol. The first kappa shape index (κ1) is 15.0. The second-order valence-electron chi connectivity index (χ2n) is 5.45. The summed E-state index contributed by atoms with van der Waals surface area (Å²) in [6.07, 6.45) is 4.33. The van der Waals surface area contributed by atoms with Crippen LogP contribution in [0.4, 0.5) is 0 Å². The number of hydrogen-bond donors (Lipinski definition) is 1. The van der Waals surface area contributed by atoms with Crippen LogP contribution < -0.4 is 5.32 Å². The zero-order chi connectivity index (χ0) is 13.4. The maximum atomic E-state index is 12.1. The molecule has 0 saturated carbocycles. The van der Waals surface area contributed by atoms with Crippen molar-refractivity contribution in [3.63, 3.8) is 0 Å². The molecular weight excluding hydrogens is 228 g/mol. The lowest BCUT2D eigenvalue weighted by atomic mass is 9.81. The Kier molecular flexibility index (Phi) is 6.14. The predicted octanol–water partition coefficient (Wildman–Crippen LogP) is 2.25. The van der Waals surface area contributed by atoms with E-state index in [1.165, 1.54) is 6.42 Å². The molecule has 0 spiro atoms. The Morgan fingerprint density at radius 2 is 2.06 bits per heavy atom. The van der Waals surface area contributed by atoms with E-state index in [1.54, 1.807) is 0 Å². The topological polar surface area (TPSA) is 62.1 Å². The van der Waals surface area contributed by atoms with Gasteiger partial charge in [-0.15, -0.1) is 0 Å². The zero-order valence-electron chi connectivity index (χ0n) is 11.5. The van der Waals surface area contributed by atoms with Crippen molar-refractivity contribution in [1.29, 1.82) is 5.26 Å². The molecule has 102 valence electrons. The number of carbonyl (C=O) groups excluding carboxylic acids is 1. The van der Waals surface area contributed by atoms with Gasteiger partial charge in [0, 0.05) is 19.8 Å². The summed E-state index contributed by atoms with van der Waals surface area (Å²) >= 11 is 0. The second-order valence-corrected chi connectivity index (χ2v) is 5.45. The molecule has 0 radical (unpaired) electrons. The summed E-state index contributed by atoms with van der Waals surface area (Å²) in [5.41, 5.74) is -0.851. The van der Waals surface area contributed by atoms with Gasteiger partial charge in [-0.25, -0.2) is 0 Å². The predicted molar refractivity (Wildman–Crippen MR) is 69.8 cm³/mol. The minimum Gasteiger partial charge on any atom is -0.381 e. The van der Waals surface area contributed by atoms with E-state index in [-0.39, 0.29) is 5.91 Å². The molecule has 1 heterocycles. The highest BCUT2D eigenvalue weighted by Gasteiger charge is 2.40. The third-order valence-corrected chi connectivity index (χ3v) is 3.49. The Morgan fingerprint density at radius 1 is 1.39 bits per heavy atom. The minimum atomic E-state index is -0.851. The molecular formula is C14H24N2O2. The van der Waals surface area contributed by atoms with E-state index in [9.17, 15) is 10.1 Å². The smallest absolute Gasteiger partial charge is 0.240 e. The molecule has 0 bridgehead atoms. The molecule has 0 aromatic heterocycles. The lowest BCUT2D eigenvalue weighted by Gasteiger charge is -2.29. The summed E-state index contributed by atoms with van der Waals surface area (Å²) in [7, 11) is 0. The van der Waals surface area contributed by atoms with E-state index in [4.69, 9.17) is 4.74 Å². The van der Waals surface area contributed by atoms with Crippen molar-refractivity contribution in [2.24, 2.45) is 11.3 Å². The standard InChI is InChI=1S/C14H24N2O2/c1-12(2)5-3-4-8-16-13(17)14(11-15)6-9-18-10-7-14/h12H,3-10H2,1-2H3,(H,16,17). The molecule has 4 nitrogen and oxygen atoms in total. The molecule has 0 atom stereocenters.